The summed E-state index contributed by atoms with van der Waals surface area (Å²) in [7, 11) is 0. The lowest BCUT2D eigenvalue weighted by atomic mass is 9.92. The second-order valence-electron chi connectivity index (χ2n) is 3.88. The minimum absolute atomic E-state index is 0.168. The molecule has 1 aliphatic carbocycles. The van der Waals surface area contributed by atoms with Crippen LogP contribution in [0.2, 0.25) is 0 Å². The Labute approximate surface area is 102 Å². The molecule has 0 saturated heterocycles. The van der Waals surface area contributed by atoms with Gasteiger partial charge in [0.15, 0.2) is 0 Å². The van der Waals surface area contributed by atoms with Gasteiger partial charge in [0.05, 0.1) is 0 Å². The third-order valence-corrected chi connectivity index (χ3v) is 3.53. The molecule has 0 aliphatic heterocycles. The van der Waals surface area contributed by atoms with Crippen molar-refractivity contribution in [2.24, 2.45) is 0 Å². The molecule has 82 valence electrons. The highest BCUT2D eigenvalue weighted by Crippen LogP contribution is 2.25. The lowest BCUT2D eigenvalue weighted by molar-refractivity contribution is 0.343. The fourth-order valence-electron chi connectivity index (χ4n) is 1.63. The Morgan fingerprint density at radius 1 is 1.47 bits per heavy atom. The maximum Gasteiger partial charge on any atom is 0.128 e. The summed E-state index contributed by atoms with van der Waals surface area (Å²) in [6.07, 6.45) is 1.97. The molecule has 0 aromatic heterocycles. The van der Waals surface area contributed by atoms with Crippen LogP contribution < -0.4 is 5.32 Å². The summed E-state index contributed by atoms with van der Waals surface area (Å²) in [5, 5.41) is 3.59. The highest BCUT2D eigenvalue weighted by molar-refractivity contribution is 9.10. The molecule has 0 heterocycles. The molecule has 15 heavy (non-hydrogen) atoms. The normalized spacial score (nSPS) is 25.0. The van der Waals surface area contributed by atoms with E-state index in [1.54, 1.807) is 6.07 Å². The van der Waals surface area contributed by atoms with Gasteiger partial charge in [-0.05, 0) is 25.0 Å². The van der Waals surface area contributed by atoms with Crippen molar-refractivity contribution in [3.63, 3.8) is 0 Å². The van der Waals surface area contributed by atoms with Crippen LogP contribution in [0.15, 0.2) is 22.7 Å². The van der Waals surface area contributed by atoms with Crippen LogP contribution in [0.25, 0.3) is 0 Å². The molecular weight excluding hydrogens is 280 g/mol. The monoisotopic (exact) mass is 291 g/mol. The third kappa shape index (κ3) is 2.92. The van der Waals surface area contributed by atoms with E-state index < -0.39 is 0 Å². The molecule has 0 bridgehead atoms. The molecule has 0 atom stereocenters. The number of nitrogens with one attached hydrogen (secondary N) is 1. The van der Waals surface area contributed by atoms with Gasteiger partial charge < -0.3 is 5.32 Å². The maximum absolute atomic E-state index is 13.4. The van der Waals surface area contributed by atoms with Crippen LogP contribution in [0.3, 0.4) is 0 Å². The summed E-state index contributed by atoms with van der Waals surface area (Å²) >= 11 is 9.09. The molecular formula is C11H12BrClFN. The first-order valence-electron chi connectivity index (χ1n) is 4.96. The first-order valence-corrected chi connectivity index (χ1v) is 6.19. The molecule has 4 heteroatoms. The zero-order chi connectivity index (χ0) is 10.8. The molecule has 0 unspecified atom stereocenters. The van der Waals surface area contributed by atoms with E-state index in [0.29, 0.717) is 23.5 Å². The van der Waals surface area contributed by atoms with Crippen molar-refractivity contribution in [1.82, 2.24) is 5.32 Å². The van der Waals surface area contributed by atoms with Gasteiger partial charge in [0.1, 0.15) is 5.82 Å². The number of alkyl halides is 1. The third-order valence-electron chi connectivity index (χ3n) is 2.68. The number of benzene rings is 1. The molecule has 0 spiro atoms. The van der Waals surface area contributed by atoms with Gasteiger partial charge in [-0.25, -0.2) is 4.39 Å². The minimum atomic E-state index is -0.168. The Morgan fingerprint density at radius 3 is 2.80 bits per heavy atom. The summed E-state index contributed by atoms with van der Waals surface area (Å²) in [4.78, 5) is 0. The standard InChI is InChI=1S/C11H12BrClFN/c12-8-2-1-7(11(14)3-8)6-15-10-4-9(13)5-10/h1-3,9-10,15H,4-6H2. The van der Waals surface area contributed by atoms with Gasteiger partial charge in [-0.1, -0.05) is 22.0 Å². The highest BCUT2D eigenvalue weighted by atomic mass is 79.9. The summed E-state index contributed by atoms with van der Waals surface area (Å²) in [5.41, 5.74) is 0.705. The average Bonchev–Trinajstić information content (AvgIpc) is 2.13. The van der Waals surface area contributed by atoms with Crippen LogP contribution in [0, 0.1) is 5.82 Å². The lowest BCUT2D eigenvalue weighted by Gasteiger charge is -2.31. The van der Waals surface area contributed by atoms with E-state index in [0.717, 1.165) is 17.3 Å². The number of hydrogen-bond acceptors (Lipinski definition) is 1. The Bertz CT molecular complexity index is 352. The second-order valence-corrected chi connectivity index (χ2v) is 5.42. The van der Waals surface area contributed by atoms with E-state index in [9.17, 15) is 4.39 Å². The molecule has 1 nitrogen and oxygen atoms in total. The summed E-state index contributed by atoms with van der Waals surface area (Å²) in [5.74, 6) is -0.168. The fraction of sp³-hybridized carbons (Fsp3) is 0.455. The lowest BCUT2D eigenvalue weighted by Crippen LogP contribution is -2.41. The van der Waals surface area contributed by atoms with Gasteiger partial charge in [0, 0.05) is 28.0 Å². The van der Waals surface area contributed by atoms with E-state index in [2.05, 4.69) is 21.2 Å². The number of hydrogen-bond donors (Lipinski definition) is 1. The van der Waals surface area contributed by atoms with Crippen molar-refractivity contribution in [3.8, 4) is 0 Å². The molecule has 1 aromatic rings. The van der Waals surface area contributed by atoms with Gasteiger partial charge in [-0.2, -0.15) is 0 Å². The van der Waals surface area contributed by atoms with Crippen molar-refractivity contribution < 1.29 is 4.39 Å². The predicted octanol–water partition coefficient (Wildman–Crippen LogP) is 3.45. The van der Waals surface area contributed by atoms with Crippen molar-refractivity contribution in [2.75, 3.05) is 0 Å². The van der Waals surface area contributed by atoms with Gasteiger partial charge in [-0.3, -0.25) is 0 Å². The van der Waals surface area contributed by atoms with Crippen molar-refractivity contribution in [1.29, 1.82) is 0 Å². The van der Waals surface area contributed by atoms with E-state index in [1.165, 1.54) is 6.07 Å². The number of rotatable bonds is 3. The maximum atomic E-state index is 13.4. The van der Waals surface area contributed by atoms with E-state index >= 15 is 0 Å². The Morgan fingerprint density at radius 2 is 2.20 bits per heavy atom. The number of halogens is 3. The van der Waals surface area contributed by atoms with Crippen molar-refractivity contribution in [3.05, 3.63) is 34.1 Å². The van der Waals surface area contributed by atoms with Gasteiger partial charge in [0.25, 0.3) is 0 Å². The SMILES string of the molecule is Fc1cc(Br)ccc1CNC1CC(Cl)C1. The summed E-state index contributed by atoms with van der Waals surface area (Å²) in [6, 6.07) is 5.59. The quantitative estimate of drug-likeness (QED) is 0.842. The van der Waals surface area contributed by atoms with Crippen LogP contribution in [0.1, 0.15) is 18.4 Å². The second kappa shape index (κ2) is 4.81. The summed E-state index contributed by atoms with van der Waals surface area (Å²) in [6.45, 7) is 0.577. The minimum Gasteiger partial charge on any atom is -0.310 e. The van der Waals surface area contributed by atoms with Crippen LogP contribution in [0.5, 0.6) is 0 Å². The van der Waals surface area contributed by atoms with Crippen molar-refractivity contribution >= 4 is 27.5 Å². The molecule has 1 aromatic carbocycles. The molecule has 0 radical (unpaired) electrons. The zero-order valence-electron chi connectivity index (χ0n) is 8.14. The smallest absolute Gasteiger partial charge is 0.128 e. The largest absolute Gasteiger partial charge is 0.310 e. The van der Waals surface area contributed by atoms with Gasteiger partial charge in [0.2, 0.25) is 0 Å². The highest BCUT2D eigenvalue weighted by Gasteiger charge is 2.26. The van der Waals surface area contributed by atoms with Crippen LogP contribution in [-0.4, -0.2) is 11.4 Å². The van der Waals surface area contributed by atoms with Gasteiger partial charge in [-0.15, -0.1) is 11.6 Å². The zero-order valence-corrected chi connectivity index (χ0v) is 10.5. The average molecular weight is 293 g/mol. The van der Waals surface area contributed by atoms with Crippen molar-refractivity contribution in [2.45, 2.75) is 30.8 Å². The van der Waals surface area contributed by atoms with Crippen LogP contribution in [0.4, 0.5) is 4.39 Å². The first kappa shape index (κ1) is 11.4. The predicted molar refractivity (Wildman–Crippen MR) is 63.6 cm³/mol. The van der Waals surface area contributed by atoms with Gasteiger partial charge >= 0.3 is 0 Å². The molecule has 1 aliphatic rings. The Balaban J connectivity index is 1.88. The van der Waals surface area contributed by atoms with E-state index in [-0.39, 0.29) is 5.82 Å². The molecule has 0 amide bonds. The summed E-state index contributed by atoms with van der Waals surface area (Å²) < 4.78 is 14.2. The molecule has 1 N–H and O–H groups in total. The molecule has 1 fully saturated rings. The molecule has 1 saturated carbocycles. The topological polar surface area (TPSA) is 12.0 Å². The Kier molecular flexibility index (Phi) is 3.65. The first-order chi connectivity index (χ1) is 7.15. The fourth-order valence-corrected chi connectivity index (χ4v) is 2.40. The molecule has 2 rings (SSSR count). The van der Waals surface area contributed by atoms with Crippen LogP contribution >= 0.6 is 27.5 Å². The van der Waals surface area contributed by atoms with Crippen LogP contribution in [-0.2, 0) is 6.54 Å². The van der Waals surface area contributed by atoms with E-state index in [1.807, 2.05) is 6.07 Å². The Hall–Kier alpha value is -0.120. The van der Waals surface area contributed by atoms with E-state index in [4.69, 9.17) is 11.6 Å².